The largest absolute Gasteiger partial charge is 0.443 e. The number of amides is 1. The van der Waals surface area contributed by atoms with Crippen molar-refractivity contribution in [3.8, 4) is 0 Å². The molecule has 1 aromatic heterocycles. The van der Waals surface area contributed by atoms with Crippen molar-refractivity contribution in [3.05, 3.63) is 16.5 Å². The molecule has 0 aromatic carbocycles. The molecule has 1 aromatic rings. The van der Waals surface area contributed by atoms with Crippen LogP contribution in [0, 0.1) is 0 Å². The number of nitrogens with one attached hydrogen (secondary N) is 1. The van der Waals surface area contributed by atoms with E-state index in [-0.39, 0.29) is 20.9 Å². The van der Waals surface area contributed by atoms with Crippen LogP contribution in [-0.4, -0.2) is 33.6 Å². The van der Waals surface area contributed by atoms with Crippen LogP contribution in [-0.2, 0) is 13.8 Å². The van der Waals surface area contributed by atoms with Crippen molar-refractivity contribution >= 4 is 41.6 Å². The van der Waals surface area contributed by atoms with E-state index in [2.05, 4.69) is 21.2 Å². The summed E-state index contributed by atoms with van der Waals surface area (Å²) in [4.78, 5) is 11.7. The molecule has 0 radical (unpaired) electrons. The van der Waals surface area contributed by atoms with E-state index in [1.54, 1.807) is 7.11 Å². The summed E-state index contributed by atoms with van der Waals surface area (Å²) in [6.45, 7) is 0.351. The summed E-state index contributed by atoms with van der Waals surface area (Å²) in [5.74, 6) is -0.637. The summed E-state index contributed by atoms with van der Waals surface area (Å²) >= 11 is 2.92. The van der Waals surface area contributed by atoms with Crippen LogP contribution in [0.25, 0.3) is 0 Å². The fraction of sp³-hybridized carbons (Fsp3) is 0.545. The van der Waals surface area contributed by atoms with E-state index in [0.717, 1.165) is 25.3 Å². The predicted molar refractivity (Wildman–Crippen MR) is 75.4 cm³/mol. The van der Waals surface area contributed by atoms with Gasteiger partial charge in [0.25, 0.3) is 15.0 Å². The highest BCUT2D eigenvalue weighted by molar-refractivity contribution is 9.10. The minimum Gasteiger partial charge on any atom is -0.443 e. The molecule has 1 saturated carbocycles. The first-order chi connectivity index (χ1) is 9.27. The number of furan rings is 1. The third kappa shape index (κ3) is 3.19. The number of methoxy groups -OCH3 is 1. The van der Waals surface area contributed by atoms with Crippen LogP contribution >= 0.6 is 26.6 Å². The first-order valence-corrected chi connectivity index (χ1v) is 8.95. The zero-order valence-corrected chi connectivity index (χ0v) is 13.8. The Bertz CT molecular complexity index is 617. The maximum Gasteiger partial charge on any atom is 0.287 e. The molecule has 1 aliphatic carbocycles. The second-order valence-corrected chi connectivity index (χ2v) is 7.86. The van der Waals surface area contributed by atoms with Gasteiger partial charge in [0.2, 0.25) is 0 Å². The molecule has 0 atom stereocenters. The summed E-state index contributed by atoms with van der Waals surface area (Å²) in [6.07, 6.45) is 2.82. The number of hydrogen-bond acceptors (Lipinski definition) is 5. The maximum atomic E-state index is 11.9. The smallest absolute Gasteiger partial charge is 0.287 e. The second-order valence-electron chi connectivity index (χ2n) is 4.61. The summed E-state index contributed by atoms with van der Waals surface area (Å²) < 4.78 is 32.8. The van der Waals surface area contributed by atoms with E-state index in [4.69, 9.17) is 19.8 Å². The molecule has 9 heteroatoms. The van der Waals surface area contributed by atoms with Crippen molar-refractivity contribution in [2.24, 2.45) is 0 Å². The molecule has 1 N–H and O–H groups in total. The topological polar surface area (TPSA) is 85.6 Å². The SMILES string of the molecule is COC1(CNC(=O)c2cc(S(=O)(=O)Cl)c(Br)o2)CCC1. The first-order valence-electron chi connectivity index (χ1n) is 5.85. The fourth-order valence-corrected chi connectivity index (χ4v) is 4.02. The van der Waals surface area contributed by atoms with E-state index in [9.17, 15) is 13.2 Å². The van der Waals surface area contributed by atoms with Crippen LogP contribution in [0.15, 0.2) is 20.0 Å². The zero-order chi connectivity index (χ0) is 15.0. The van der Waals surface area contributed by atoms with Crippen LogP contribution in [0.2, 0.25) is 0 Å². The molecule has 1 aliphatic rings. The first kappa shape index (κ1) is 15.8. The molecule has 1 fully saturated rings. The highest BCUT2D eigenvalue weighted by Crippen LogP contribution is 2.34. The number of carbonyl (C=O) groups is 1. The van der Waals surface area contributed by atoms with Crippen LogP contribution in [0.1, 0.15) is 29.8 Å². The van der Waals surface area contributed by atoms with Crippen molar-refractivity contribution in [1.29, 1.82) is 0 Å². The molecule has 6 nitrogen and oxygen atoms in total. The van der Waals surface area contributed by atoms with Gasteiger partial charge in [-0.1, -0.05) is 0 Å². The Morgan fingerprint density at radius 3 is 2.65 bits per heavy atom. The van der Waals surface area contributed by atoms with Gasteiger partial charge in [-0.2, -0.15) is 0 Å². The molecular weight excluding hydrogens is 374 g/mol. The third-order valence-corrected chi connectivity index (χ3v) is 5.59. The van der Waals surface area contributed by atoms with Gasteiger partial charge in [0.1, 0.15) is 4.90 Å². The minimum atomic E-state index is -3.96. The van der Waals surface area contributed by atoms with E-state index < -0.39 is 15.0 Å². The van der Waals surface area contributed by atoms with Gasteiger partial charge >= 0.3 is 0 Å². The second kappa shape index (κ2) is 5.67. The molecule has 0 spiro atoms. The Morgan fingerprint density at radius 2 is 2.25 bits per heavy atom. The van der Waals surface area contributed by atoms with Crippen LogP contribution in [0.4, 0.5) is 0 Å². The third-order valence-electron chi connectivity index (χ3n) is 3.41. The molecule has 1 heterocycles. The van der Waals surface area contributed by atoms with Gasteiger partial charge in [-0.05, 0) is 35.2 Å². The van der Waals surface area contributed by atoms with Crippen molar-refractivity contribution < 1.29 is 22.4 Å². The molecule has 0 saturated heterocycles. The van der Waals surface area contributed by atoms with E-state index in [1.165, 1.54) is 0 Å². The fourth-order valence-electron chi connectivity index (χ4n) is 1.98. The van der Waals surface area contributed by atoms with Crippen LogP contribution in [0.5, 0.6) is 0 Å². The van der Waals surface area contributed by atoms with Gasteiger partial charge < -0.3 is 14.5 Å². The lowest BCUT2D eigenvalue weighted by atomic mass is 9.80. The van der Waals surface area contributed by atoms with Gasteiger partial charge in [-0.15, -0.1) is 0 Å². The highest BCUT2D eigenvalue weighted by atomic mass is 79.9. The lowest BCUT2D eigenvalue weighted by Crippen LogP contribution is -2.49. The molecule has 0 aliphatic heterocycles. The average Bonchev–Trinajstić information content (AvgIpc) is 2.70. The molecule has 0 unspecified atom stereocenters. The number of ether oxygens (including phenoxy) is 1. The molecular formula is C11H13BrClNO5S. The van der Waals surface area contributed by atoms with E-state index in [0.29, 0.717) is 6.54 Å². The standard InChI is InChI=1S/C11H13BrClNO5S/c1-18-11(3-2-4-11)6-14-10(15)7-5-8(9(12)19-7)20(13,16)17/h5H,2-4,6H2,1H3,(H,14,15). The van der Waals surface area contributed by atoms with Gasteiger partial charge in [0, 0.05) is 30.4 Å². The Labute approximate surface area is 129 Å². The molecule has 112 valence electrons. The average molecular weight is 387 g/mol. The summed E-state index contributed by atoms with van der Waals surface area (Å²) in [6, 6.07) is 1.09. The van der Waals surface area contributed by atoms with Gasteiger partial charge in [0.15, 0.2) is 10.4 Å². The lowest BCUT2D eigenvalue weighted by molar-refractivity contribution is -0.0680. The summed E-state index contributed by atoms with van der Waals surface area (Å²) in [7, 11) is 2.86. The van der Waals surface area contributed by atoms with Crippen LogP contribution < -0.4 is 5.32 Å². The van der Waals surface area contributed by atoms with Crippen molar-refractivity contribution in [2.45, 2.75) is 29.8 Å². The van der Waals surface area contributed by atoms with E-state index in [1.807, 2.05) is 0 Å². The summed E-state index contributed by atoms with van der Waals surface area (Å²) in [5, 5.41) is 2.67. The Kier molecular flexibility index (Phi) is 4.48. The van der Waals surface area contributed by atoms with Crippen LogP contribution in [0.3, 0.4) is 0 Å². The molecule has 20 heavy (non-hydrogen) atoms. The Balaban J connectivity index is 2.07. The predicted octanol–water partition coefficient (Wildman–Crippen LogP) is 2.27. The number of carbonyl (C=O) groups excluding carboxylic acids is 1. The Hall–Kier alpha value is -0.570. The van der Waals surface area contributed by atoms with Crippen molar-refractivity contribution in [3.63, 3.8) is 0 Å². The van der Waals surface area contributed by atoms with Crippen molar-refractivity contribution in [2.75, 3.05) is 13.7 Å². The van der Waals surface area contributed by atoms with Gasteiger partial charge in [0.05, 0.1) is 5.60 Å². The molecule has 1 amide bonds. The highest BCUT2D eigenvalue weighted by Gasteiger charge is 2.37. The normalized spacial score (nSPS) is 17.6. The van der Waals surface area contributed by atoms with E-state index >= 15 is 0 Å². The number of hydrogen-bond donors (Lipinski definition) is 1. The Morgan fingerprint density at radius 1 is 1.60 bits per heavy atom. The van der Waals surface area contributed by atoms with Gasteiger partial charge in [-0.3, -0.25) is 4.79 Å². The van der Waals surface area contributed by atoms with Gasteiger partial charge in [-0.25, -0.2) is 8.42 Å². The maximum absolute atomic E-state index is 11.9. The zero-order valence-electron chi connectivity index (χ0n) is 10.6. The summed E-state index contributed by atoms with van der Waals surface area (Å²) in [5.41, 5.74) is -0.319. The lowest BCUT2D eigenvalue weighted by Gasteiger charge is -2.40. The molecule has 0 bridgehead atoms. The number of rotatable bonds is 5. The quantitative estimate of drug-likeness (QED) is 0.785. The minimum absolute atomic E-state index is 0.0947. The molecule has 2 rings (SSSR count). The monoisotopic (exact) mass is 385 g/mol. The number of halogens is 2. The van der Waals surface area contributed by atoms with Crippen molar-refractivity contribution in [1.82, 2.24) is 5.32 Å².